The number of aliphatic carboxylic acids is 1. The molecule has 0 aliphatic heterocycles. The number of carboxylic acid groups (broad SMARTS) is 1. The first-order valence-corrected chi connectivity index (χ1v) is 3.02. The number of carboxylic acids is 1. The molecule has 0 amide bonds. The zero-order chi connectivity index (χ0) is 8.08. The maximum Gasteiger partial charge on any atom is 2.00 e. The van der Waals surface area contributed by atoms with Crippen LogP contribution in [0.1, 0.15) is 12.6 Å². The Morgan fingerprint density at radius 1 is 1.25 bits per heavy atom. The summed E-state index contributed by atoms with van der Waals surface area (Å²) in [5.74, 6) is -0.833. The maximum atomic E-state index is 9.00. The average molecular weight is 328 g/mol. The Balaban J connectivity index is -0.00000000614. The normalized spacial score (nSPS) is 6.92. The summed E-state index contributed by atoms with van der Waals surface area (Å²) in [7, 11) is -4.67. The van der Waals surface area contributed by atoms with E-state index in [9.17, 15) is 0 Å². The summed E-state index contributed by atoms with van der Waals surface area (Å²) in [6.45, 7) is 1.08. The largest absolute Gasteiger partial charge is 2.00 e. The van der Waals surface area contributed by atoms with E-state index in [1.165, 1.54) is 0 Å². The molecule has 0 unspecified atom stereocenters. The van der Waals surface area contributed by atoms with Crippen LogP contribution in [0.3, 0.4) is 0 Å². The van der Waals surface area contributed by atoms with E-state index in [2.05, 4.69) is 0 Å². The van der Waals surface area contributed by atoms with Crippen LogP contribution in [0.4, 0.5) is 0 Å². The minimum absolute atomic E-state index is 0. The predicted molar refractivity (Wildman–Crippen MR) is 37.7 cm³/mol. The number of hydrogen-bond acceptors (Lipinski definition) is 3. The molecule has 0 saturated carbocycles. The van der Waals surface area contributed by atoms with Crippen molar-refractivity contribution >= 4 is 61.8 Å². The molecule has 0 rings (SSSR count). The van der Waals surface area contributed by atoms with Crippen molar-refractivity contribution in [1.82, 2.24) is 0 Å². The van der Waals surface area contributed by atoms with Crippen molar-refractivity contribution in [3.8, 4) is 0 Å². The van der Waals surface area contributed by atoms with Crippen LogP contribution in [0.25, 0.3) is 0 Å². The molecule has 0 aromatic carbocycles. The van der Waals surface area contributed by atoms with E-state index in [1.54, 1.807) is 0 Å². The van der Waals surface area contributed by atoms with Crippen LogP contribution in [-0.4, -0.2) is 74.1 Å². The molecule has 6 nitrogen and oxygen atoms in total. The molecule has 0 heterocycles. The van der Waals surface area contributed by atoms with Crippen LogP contribution < -0.4 is 103 Å². The minimum atomic E-state index is -4.67. The fraction of sp³-hybridized carbons (Fsp3) is 0.500. The number of rotatable bonds is 0. The summed E-state index contributed by atoms with van der Waals surface area (Å²) >= 11 is 0. The zero-order valence-electron chi connectivity index (χ0n) is 11.2. The van der Waals surface area contributed by atoms with Gasteiger partial charge in [-0.05, 0) is 0 Å². The smallest absolute Gasteiger partial charge is 1.00 e. The van der Waals surface area contributed by atoms with Gasteiger partial charge >= 0.3 is 159 Å². The van der Waals surface area contributed by atoms with Crippen molar-refractivity contribution in [3.05, 3.63) is 0 Å². The molecule has 0 aromatic heterocycles. The van der Waals surface area contributed by atoms with Gasteiger partial charge in [-0.1, -0.05) is 0 Å². The molecule has 0 aliphatic carbocycles. The summed E-state index contributed by atoms with van der Waals surface area (Å²) in [6.07, 6.45) is 0. The molecule has 0 atom stereocenters. The third kappa shape index (κ3) is 144. The monoisotopic (exact) mass is 328 g/mol. The second-order valence-electron chi connectivity index (χ2n) is 0.967. The molecule has 0 saturated heterocycles. The molecule has 10 heteroatoms. The van der Waals surface area contributed by atoms with Gasteiger partial charge in [0.2, 0.25) is 0 Å². The summed E-state index contributed by atoms with van der Waals surface area (Å²) < 4.78 is 31.6. The third-order valence-corrected chi connectivity index (χ3v) is 0. The Morgan fingerprint density at radius 2 is 1.25 bits per heavy atom. The second-order valence-corrected chi connectivity index (χ2v) is 1.86. The molecule has 0 spiro atoms. The average Bonchev–Trinajstić information content (AvgIpc) is 1.19. The molecule has 0 aliphatic rings. The van der Waals surface area contributed by atoms with Gasteiger partial charge in [-0.3, -0.25) is 13.9 Å². The summed E-state index contributed by atoms with van der Waals surface area (Å²) in [6, 6.07) is 0. The van der Waals surface area contributed by atoms with Gasteiger partial charge in [-0.2, -0.15) is 8.42 Å². The Morgan fingerprint density at radius 3 is 1.25 bits per heavy atom. The molecular formula is C2H10K2O6SSr. The Bertz CT molecular complexity index is 179. The standard InChI is InChI=1S/C2H4O2.2K.H2O4S.Sr.4H/c1-2(3)4;;;1-5(2,3)4;;;;;/h1H3,(H,3,4);;;(H2,1,2,3,4);;;;;/q;2*+1;;+2;4*-1. The van der Waals surface area contributed by atoms with Crippen LogP contribution in [0.2, 0.25) is 0 Å². The quantitative estimate of drug-likeness (QED) is 0.301. The molecule has 12 heavy (non-hydrogen) atoms. The first-order chi connectivity index (χ1) is 3.73. The maximum absolute atomic E-state index is 9.00. The van der Waals surface area contributed by atoms with Crippen LogP contribution in [-0.2, 0) is 15.2 Å². The van der Waals surface area contributed by atoms with Crippen LogP contribution in [0.5, 0.6) is 0 Å². The van der Waals surface area contributed by atoms with Gasteiger partial charge in [0.05, 0.1) is 0 Å². The van der Waals surface area contributed by atoms with Crippen LogP contribution in [0.15, 0.2) is 0 Å². The fourth-order valence-corrected chi connectivity index (χ4v) is 0. The van der Waals surface area contributed by atoms with Gasteiger partial charge in [0.1, 0.15) is 0 Å². The molecule has 0 aromatic rings. The van der Waals surface area contributed by atoms with Crippen molar-refractivity contribution in [2.24, 2.45) is 0 Å². The molecule has 3 N–H and O–H groups in total. The van der Waals surface area contributed by atoms with Crippen molar-refractivity contribution in [3.63, 3.8) is 0 Å². The van der Waals surface area contributed by atoms with Gasteiger partial charge in [0, 0.05) is 6.92 Å². The van der Waals surface area contributed by atoms with Gasteiger partial charge in [-0.15, -0.1) is 0 Å². The minimum Gasteiger partial charge on any atom is -1.00 e. The fourth-order valence-electron chi connectivity index (χ4n) is 0. The zero-order valence-corrected chi connectivity index (χ0v) is 17.7. The van der Waals surface area contributed by atoms with Crippen molar-refractivity contribution in [1.29, 1.82) is 0 Å². The van der Waals surface area contributed by atoms with E-state index in [0.717, 1.165) is 6.92 Å². The molecule has 0 bridgehead atoms. The Labute approximate surface area is 199 Å². The summed E-state index contributed by atoms with van der Waals surface area (Å²) in [4.78, 5) is 9.00. The second kappa shape index (κ2) is 17.5. The van der Waals surface area contributed by atoms with Crippen molar-refractivity contribution in [2.75, 3.05) is 0 Å². The summed E-state index contributed by atoms with van der Waals surface area (Å²) in [5, 5.41) is 7.42. The van der Waals surface area contributed by atoms with Crippen molar-refractivity contribution in [2.45, 2.75) is 6.92 Å². The molecule has 0 radical (unpaired) electrons. The van der Waals surface area contributed by atoms with E-state index in [1.807, 2.05) is 0 Å². The Hall–Kier alpha value is 4.09. The van der Waals surface area contributed by atoms with Crippen molar-refractivity contribution < 1.29 is 136 Å². The van der Waals surface area contributed by atoms with E-state index >= 15 is 0 Å². The first kappa shape index (κ1) is 29.8. The first-order valence-electron chi connectivity index (χ1n) is 1.63. The number of hydrogen-bond donors (Lipinski definition) is 3. The van der Waals surface area contributed by atoms with Gasteiger partial charge in [-0.25, -0.2) is 0 Å². The van der Waals surface area contributed by atoms with Gasteiger partial charge < -0.3 is 10.8 Å². The van der Waals surface area contributed by atoms with Gasteiger partial charge in [0.25, 0.3) is 5.97 Å². The number of carbonyl (C=O) groups is 1. The van der Waals surface area contributed by atoms with Crippen LogP contribution in [0, 0.1) is 0 Å². The predicted octanol–water partition coefficient (Wildman–Crippen LogP) is -6.48. The van der Waals surface area contributed by atoms with E-state index in [0.29, 0.717) is 0 Å². The summed E-state index contributed by atoms with van der Waals surface area (Å²) in [5.41, 5.74) is 0. The third-order valence-electron chi connectivity index (χ3n) is 0. The topological polar surface area (TPSA) is 112 Å². The van der Waals surface area contributed by atoms with Crippen LogP contribution >= 0.6 is 0 Å². The van der Waals surface area contributed by atoms with E-state index < -0.39 is 16.4 Å². The Kier molecular flexibility index (Phi) is 43.4. The van der Waals surface area contributed by atoms with E-state index in [4.69, 9.17) is 27.4 Å². The van der Waals surface area contributed by atoms with E-state index in [-0.39, 0.29) is 154 Å². The SMILES string of the molecule is CC(=O)O.O=S(=O)(O)O.[H-].[H-].[H-].[H-].[K+].[K+].[Sr+2]. The molecule has 0 fully saturated rings. The molecule has 64 valence electrons. The molecular weight excluding hydrogens is 318 g/mol. The van der Waals surface area contributed by atoms with Gasteiger partial charge in [0.15, 0.2) is 0 Å².